The lowest BCUT2D eigenvalue weighted by atomic mass is 10.1. The Labute approximate surface area is 160 Å². The zero-order valence-corrected chi connectivity index (χ0v) is 16.2. The molecule has 0 radical (unpaired) electrons. The molecule has 0 spiro atoms. The van der Waals surface area contributed by atoms with Gasteiger partial charge in [-0.2, -0.15) is 0 Å². The van der Waals surface area contributed by atoms with Gasteiger partial charge in [-0.05, 0) is 24.6 Å². The highest BCUT2D eigenvalue weighted by Crippen LogP contribution is 2.28. The summed E-state index contributed by atoms with van der Waals surface area (Å²) in [6.45, 7) is 7.06. The first-order chi connectivity index (χ1) is 13.0. The molecule has 1 atom stereocenters. The van der Waals surface area contributed by atoms with E-state index < -0.39 is 0 Å². The molecule has 2 heterocycles. The molecular formula is C19H28N4O4. The molecule has 8 nitrogen and oxygen atoms in total. The molecule has 0 bridgehead atoms. The second-order valence-corrected chi connectivity index (χ2v) is 6.90. The van der Waals surface area contributed by atoms with Crippen LogP contribution in [-0.4, -0.2) is 86.2 Å². The van der Waals surface area contributed by atoms with Crippen molar-refractivity contribution in [3.63, 3.8) is 0 Å². The predicted octanol–water partition coefficient (Wildman–Crippen LogP) is 0.762. The third kappa shape index (κ3) is 4.33. The lowest BCUT2D eigenvalue weighted by Gasteiger charge is -2.38. The van der Waals surface area contributed by atoms with Crippen molar-refractivity contribution in [3.05, 3.63) is 23.8 Å². The molecule has 148 valence electrons. The highest BCUT2D eigenvalue weighted by atomic mass is 16.5. The van der Waals surface area contributed by atoms with Gasteiger partial charge in [0.05, 0.1) is 20.3 Å². The summed E-state index contributed by atoms with van der Waals surface area (Å²) >= 11 is 0. The van der Waals surface area contributed by atoms with E-state index in [-0.39, 0.29) is 18.0 Å². The number of methoxy groups -OCH3 is 2. The average molecular weight is 376 g/mol. The Morgan fingerprint density at radius 2 is 1.81 bits per heavy atom. The number of hydrogen-bond acceptors (Lipinski definition) is 6. The molecule has 27 heavy (non-hydrogen) atoms. The van der Waals surface area contributed by atoms with Crippen LogP contribution in [0.25, 0.3) is 0 Å². The fourth-order valence-electron chi connectivity index (χ4n) is 3.61. The lowest BCUT2D eigenvalue weighted by molar-refractivity contribution is -0.133. The van der Waals surface area contributed by atoms with E-state index in [9.17, 15) is 9.59 Å². The van der Waals surface area contributed by atoms with Crippen molar-refractivity contribution in [1.29, 1.82) is 0 Å². The first-order valence-electron chi connectivity index (χ1n) is 9.30. The summed E-state index contributed by atoms with van der Waals surface area (Å²) in [6, 6.07) is 5.41. The Morgan fingerprint density at radius 3 is 2.41 bits per heavy atom. The zero-order chi connectivity index (χ0) is 19.4. The minimum Gasteiger partial charge on any atom is -0.493 e. The van der Waals surface area contributed by atoms with Gasteiger partial charge in [0.2, 0.25) is 5.91 Å². The molecule has 0 aliphatic carbocycles. The van der Waals surface area contributed by atoms with Crippen LogP contribution in [-0.2, 0) is 11.3 Å². The first-order valence-corrected chi connectivity index (χ1v) is 9.30. The number of urea groups is 1. The summed E-state index contributed by atoms with van der Waals surface area (Å²) in [4.78, 5) is 30.1. The number of piperazine rings is 1. The first kappa shape index (κ1) is 19.4. The molecule has 2 aliphatic rings. The van der Waals surface area contributed by atoms with Gasteiger partial charge < -0.3 is 14.8 Å². The smallest absolute Gasteiger partial charge is 0.324 e. The number of benzene rings is 1. The van der Waals surface area contributed by atoms with Crippen LogP contribution in [0.2, 0.25) is 0 Å². The molecule has 0 unspecified atom stereocenters. The van der Waals surface area contributed by atoms with Crippen molar-refractivity contribution >= 4 is 11.9 Å². The highest BCUT2D eigenvalue weighted by molar-refractivity contribution is 5.98. The number of ether oxygens (including phenoxy) is 2. The molecule has 1 aromatic carbocycles. The molecule has 0 aromatic heterocycles. The standard InChI is InChI=1S/C19H28N4O4/c1-14(18(24)23-7-6-20-19(23)25)22-10-8-21(9-11-22)13-15-4-5-16(26-2)17(12-15)27-3/h4-5,12,14H,6-11,13H2,1-3H3,(H,20,25)/t14-/m1/s1. The molecule has 0 saturated carbocycles. The SMILES string of the molecule is COc1ccc(CN2CCN([C@H](C)C(=O)N3CCNC3=O)CC2)cc1OC. The van der Waals surface area contributed by atoms with Crippen LogP contribution in [0.3, 0.4) is 0 Å². The van der Waals surface area contributed by atoms with Gasteiger partial charge in [-0.3, -0.25) is 19.5 Å². The summed E-state index contributed by atoms with van der Waals surface area (Å²) in [5, 5.41) is 2.68. The quantitative estimate of drug-likeness (QED) is 0.790. The van der Waals surface area contributed by atoms with E-state index in [0.29, 0.717) is 13.1 Å². The fraction of sp³-hybridized carbons (Fsp3) is 0.579. The predicted molar refractivity (Wildman–Crippen MR) is 101 cm³/mol. The number of nitrogens with zero attached hydrogens (tertiary/aromatic N) is 3. The van der Waals surface area contributed by atoms with Crippen LogP contribution >= 0.6 is 0 Å². The van der Waals surface area contributed by atoms with Crippen LogP contribution in [0.4, 0.5) is 4.79 Å². The minimum atomic E-state index is -0.280. The van der Waals surface area contributed by atoms with Gasteiger partial charge in [-0.1, -0.05) is 6.07 Å². The maximum absolute atomic E-state index is 12.5. The lowest BCUT2D eigenvalue weighted by Crippen LogP contribution is -2.54. The van der Waals surface area contributed by atoms with Crippen molar-refractivity contribution < 1.29 is 19.1 Å². The van der Waals surface area contributed by atoms with Gasteiger partial charge in [-0.15, -0.1) is 0 Å². The molecule has 2 aliphatic heterocycles. The minimum absolute atomic E-state index is 0.113. The zero-order valence-electron chi connectivity index (χ0n) is 16.2. The molecular weight excluding hydrogens is 348 g/mol. The van der Waals surface area contributed by atoms with Crippen LogP contribution < -0.4 is 14.8 Å². The maximum atomic E-state index is 12.5. The van der Waals surface area contributed by atoms with Crippen LogP contribution in [0.1, 0.15) is 12.5 Å². The van der Waals surface area contributed by atoms with Crippen molar-refractivity contribution in [3.8, 4) is 11.5 Å². The van der Waals surface area contributed by atoms with Gasteiger partial charge >= 0.3 is 6.03 Å². The van der Waals surface area contributed by atoms with Crippen LogP contribution in [0, 0.1) is 0 Å². The van der Waals surface area contributed by atoms with E-state index in [1.165, 1.54) is 10.5 Å². The largest absolute Gasteiger partial charge is 0.493 e. The number of rotatable bonds is 6. The van der Waals surface area contributed by atoms with Crippen molar-refractivity contribution in [1.82, 2.24) is 20.0 Å². The Kier molecular flexibility index (Phi) is 6.18. The molecule has 1 aromatic rings. The number of carbonyl (C=O) groups is 2. The summed E-state index contributed by atoms with van der Waals surface area (Å²) in [5.41, 5.74) is 1.17. The van der Waals surface area contributed by atoms with Crippen molar-refractivity contribution in [2.45, 2.75) is 19.5 Å². The normalized spacial score (nSPS) is 19.7. The van der Waals surface area contributed by atoms with Gasteiger partial charge in [0.25, 0.3) is 0 Å². The second kappa shape index (κ2) is 8.58. The second-order valence-electron chi connectivity index (χ2n) is 6.90. The molecule has 1 N–H and O–H groups in total. The third-order valence-electron chi connectivity index (χ3n) is 5.29. The van der Waals surface area contributed by atoms with Crippen molar-refractivity contribution in [2.75, 3.05) is 53.5 Å². The fourth-order valence-corrected chi connectivity index (χ4v) is 3.61. The number of nitrogens with one attached hydrogen (secondary N) is 1. The molecule has 3 amide bonds. The number of hydrogen-bond donors (Lipinski definition) is 1. The van der Waals surface area contributed by atoms with E-state index >= 15 is 0 Å². The maximum Gasteiger partial charge on any atom is 0.324 e. The van der Waals surface area contributed by atoms with E-state index in [4.69, 9.17) is 9.47 Å². The van der Waals surface area contributed by atoms with Gasteiger partial charge in [0.1, 0.15) is 0 Å². The van der Waals surface area contributed by atoms with E-state index in [1.54, 1.807) is 14.2 Å². The number of carbonyl (C=O) groups excluding carboxylic acids is 2. The summed E-state index contributed by atoms with van der Waals surface area (Å²) in [5.74, 6) is 1.35. The van der Waals surface area contributed by atoms with E-state index in [0.717, 1.165) is 44.2 Å². The van der Waals surface area contributed by atoms with Crippen LogP contribution in [0.15, 0.2) is 18.2 Å². The molecule has 3 rings (SSSR count). The molecule has 2 fully saturated rings. The van der Waals surface area contributed by atoms with Crippen LogP contribution in [0.5, 0.6) is 11.5 Å². The Bertz CT molecular complexity index is 688. The molecule has 2 saturated heterocycles. The Hall–Kier alpha value is -2.32. The topological polar surface area (TPSA) is 74.4 Å². The van der Waals surface area contributed by atoms with Gasteiger partial charge in [0.15, 0.2) is 11.5 Å². The Balaban J connectivity index is 1.53. The van der Waals surface area contributed by atoms with Gasteiger partial charge in [0, 0.05) is 45.8 Å². The summed E-state index contributed by atoms with van der Waals surface area (Å²) in [6.07, 6.45) is 0. The highest BCUT2D eigenvalue weighted by Gasteiger charge is 2.33. The molecule has 8 heteroatoms. The van der Waals surface area contributed by atoms with E-state index in [1.807, 2.05) is 25.1 Å². The summed E-state index contributed by atoms with van der Waals surface area (Å²) < 4.78 is 10.7. The number of amides is 3. The van der Waals surface area contributed by atoms with Gasteiger partial charge in [-0.25, -0.2) is 4.79 Å². The average Bonchev–Trinajstić information content (AvgIpc) is 3.13. The van der Waals surface area contributed by atoms with Crippen molar-refractivity contribution in [2.24, 2.45) is 0 Å². The summed E-state index contributed by atoms with van der Waals surface area (Å²) in [7, 11) is 3.27. The Morgan fingerprint density at radius 1 is 1.11 bits per heavy atom. The van der Waals surface area contributed by atoms with E-state index in [2.05, 4.69) is 15.1 Å². The number of imide groups is 1. The third-order valence-corrected chi connectivity index (χ3v) is 5.29. The monoisotopic (exact) mass is 376 g/mol.